The van der Waals surface area contributed by atoms with Crippen LogP contribution in [0.2, 0.25) is 0 Å². The summed E-state index contributed by atoms with van der Waals surface area (Å²) in [5.41, 5.74) is 12.7. The van der Waals surface area contributed by atoms with E-state index in [9.17, 15) is 0 Å². The molecule has 1 unspecified atom stereocenters. The second kappa shape index (κ2) is 15.0. The van der Waals surface area contributed by atoms with E-state index in [2.05, 4.69) is 242 Å². The van der Waals surface area contributed by atoms with Gasteiger partial charge in [0.1, 0.15) is 5.82 Å². The van der Waals surface area contributed by atoms with E-state index < -0.39 is 6.29 Å². The number of rotatable bonds is 5. The lowest BCUT2D eigenvalue weighted by molar-refractivity contribution is 0.509. The SMILES string of the molecule is c1ccc(C2=NC(n3c4ccccc4c4c5c(ccc43)c3ccccc3n5-c3ccccc3)NC(n3c4ccccc4c4ccc5c6ccccc6n(-c6cccc(-c7ccccc7)n6)c5c43)=N2)cc1. The minimum absolute atomic E-state index is 0.595. The molecule has 70 heavy (non-hydrogen) atoms. The first-order valence-electron chi connectivity index (χ1n) is 23.7. The van der Waals surface area contributed by atoms with Crippen LogP contribution in [0.1, 0.15) is 11.9 Å². The Bertz CT molecular complexity index is 4500. The summed E-state index contributed by atoms with van der Waals surface area (Å²) in [4.78, 5) is 16.5. The van der Waals surface area contributed by atoms with Crippen LogP contribution >= 0.6 is 0 Å². The number of benzene rings is 9. The number of hydrogen-bond acceptors (Lipinski definition) is 4. The normalized spacial score (nSPS) is 14.1. The first kappa shape index (κ1) is 38.6. The summed E-state index contributed by atoms with van der Waals surface area (Å²) in [7, 11) is 0. The summed E-state index contributed by atoms with van der Waals surface area (Å²) in [6, 6.07) is 81.7. The van der Waals surface area contributed by atoms with E-state index in [0.717, 1.165) is 88.4 Å². The molecule has 5 aromatic heterocycles. The van der Waals surface area contributed by atoms with Crippen molar-refractivity contribution < 1.29 is 0 Å². The van der Waals surface area contributed by atoms with Crippen molar-refractivity contribution in [3.8, 4) is 22.8 Å². The molecule has 0 aliphatic carbocycles. The molecule has 1 aliphatic heterocycles. The molecule has 328 valence electrons. The Labute approximate surface area is 400 Å². The van der Waals surface area contributed by atoms with E-state index in [1.165, 1.54) is 27.2 Å². The van der Waals surface area contributed by atoms with Crippen molar-refractivity contribution in [2.75, 3.05) is 0 Å². The van der Waals surface area contributed by atoms with Crippen molar-refractivity contribution in [1.82, 2.24) is 28.6 Å². The summed E-state index contributed by atoms with van der Waals surface area (Å²) in [6.07, 6.45) is -0.595. The van der Waals surface area contributed by atoms with Crippen LogP contribution in [0.5, 0.6) is 0 Å². The van der Waals surface area contributed by atoms with Crippen LogP contribution < -0.4 is 5.32 Å². The smallest absolute Gasteiger partial charge is 0.213 e. The first-order chi connectivity index (χ1) is 34.8. The molecule has 8 heteroatoms. The van der Waals surface area contributed by atoms with Crippen LogP contribution in [0, 0.1) is 0 Å². The molecule has 0 saturated heterocycles. The maximum absolute atomic E-state index is 5.56. The monoisotopic (exact) mass is 896 g/mol. The van der Waals surface area contributed by atoms with Crippen molar-refractivity contribution >= 4 is 99.0 Å². The number of hydrogen-bond donors (Lipinski definition) is 1. The minimum Gasteiger partial charge on any atom is -0.316 e. The summed E-state index contributed by atoms with van der Waals surface area (Å²) < 4.78 is 9.46. The largest absolute Gasteiger partial charge is 0.316 e. The topological polar surface area (TPSA) is 69.4 Å². The first-order valence-corrected chi connectivity index (χ1v) is 23.7. The Balaban J connectivity index is 1.02. The Kier molecular flexibility index (Phi) is 8.26. The molecule has 9 aromatic carbocycles. The van der Waals surface area contributed by atoms with Crippen LogP contribution in [-0.4, -0.2) is 35.0 Å². The second-order valence-corrected chi connectivity index (χ2v) is 18.0. The number of nitrogens with one attached hydrogen (secondary N) is 1. The average molecular weight is 897 g/mol. The second-order valence-electron chi connectivity index (χ2n) is 18.0. The van der Waals surface area contributed by atoms with E-state index in [4.69, 9.17) is 15.0 Å². The molecular weight excluding hydrogens is 857 g/mol. The van der Waals surface area contributed by atoms with Crippen molar-refractivity contribution in [3.63, 3.8) is 0 Å². The Morgan fingerprint density at radius 3 is 1.54 bits per heavy atom. The maximum Gasteiger partial charge on any atom is 0.213 e. The molecule has 15 rings (SSSR count). The molecule has 0 radical (unpaired) electrons. The van der Waals surface area contributed by atoms with Gasteiger partial charge in [-0.2, -0.15) is 4.99 Å². The van der Waals surface area contributed by atoms with Crippen LogP contribution in [0.4, 0.5) is 0 Å². The fourth-order valence-electron chi connectivity index (χ4n) is 11.3. The Hall–Kier alpha value is -9.53. The Morgan fingerprint density at radius 2 is 0.871 bits per heavy atom. The van der Waals surface area contributed by atoms with Gasteiger partial charge in [-0.3, -0.25) is 9.13 Å². The van der Waals surface area contributed by atoms with Gasteiger partial charge >= 0.3 is 0 Å². The van der Waals surface area contributed by atoms with Crippen LogP contribution in [0.3, 0.4) is 0 Å². The molecule has 0 fully saturated rings. The summed E-state index contributed by atoms with van der Waals surface area (Å²) in [5, 5.41) is 13.3. The number of fused-ring (bicyclic) bond motifs is 14. The zero-order valence-corrected chi connectivity index (χ0v) is 37.6. The van der Waals surface area contributed by atoms with Gasteiger partial charge in [-0.1, -0.05) is 176 Å². The number of para-hydroxylation sites is 5. The van der Waals surface area contributed by atoms with Gasteiger partial charge < -0.3 is 14.5 Å². The molecule has 8 nitrogen and oxygen atoms in total. The predicted molar refractivity (Wildman–Crippen MR) is 289 cm³/mol. The zero-order chi connectivity index (χ0) is 45.9. The van der Waals surface area contributed by atoms with E-state index >= 15 is 0 Å². The number of amidine groups is 1. The number of pyridine rings is 1. The van der Waals surface area contributed by atoms with Gasteiger partial charge in [0, 0.05) is 59.9 Å². The van der Waals surface area contributed by atoms with E-state index in [1.807, 2.05) is 12.1 Å². The summed E-state index contributed by atoms with van der Waals surface area (Å²) in [6.45, 7) is 0. The molecule has 1 atom stereocenters. The Morgan fingerprint density at radius 1 is 0.357 bits per heavy atom. The molecule has 0 spiro atoms. The lowest BCUT2D eigenvalue weighted by Crippen LogP contribution is -2.40. The lowest BCUT2D eigenvalue weighted by Gasteiger charge is -2.27. The highest BCUT2D eigenvalue weighted by Gasteiger charge is 2.30. The average Bonchev–Trinajstić information content (AvgIpc) is 4.17. The number of nitrogens with zero attached hydrogens (tertiary/aromatic N) is 7. The molecule has 1 aliphatic rings. The molecule has 0 saturated carbocycles. The van der Waals surface area contributed by atoms with Gasteiger partial charge in [0.25, 0.3) is 0 Å². The van der Waals surface area contributed by atoms with Crippen molar-refractivity contribution in [2.45, 2.75) is 6.29 Å². The van der Waals surface area contributed by atoms with Gasteiger partial charge in [0.15, 0.2) is 5.84 Å². The van der Waals surface area contributed by atoms with E-state index in [-0.39, 0.29) is 0 Å². The van der Waals surface area contributed by atoms with Crippen LogP contribution in [0.25, 0.3) is 110 Å². The third-order valence-corrected chi connectivity index (χ3v) is 14.2. The minimum atomic E-state index is -0.595. The standard InChI is InChI=1S/C62H40N8/c1-4-19-39(20-5-1)49-29-18-34-55(63-49)69-51-31-15-11-26-43(51)46-35-36-47-44-27-12-16-32-52(44)70(59(47)58(46)69)62-65-60(40-21-6-2-7-22-40)64-61(66-62)68-53-33-17-13-28-48(53)56-54(68)38-37-45-42-25-10-14-30-50(42)67(57(45)56)41-23-8-3-9-24-41/h1-38,61H,(H,64,65,66). The number of aliphatic imine (C=N–C) groups is 2. The summed E-state index contributed by atoms with van der Waals surface area (Å²) in [5.74, 6) is 2.15. The third-order valence-electron chi connectivity index (χ3n) is 14.2. The third kappa shape index (κ3) is 5.55. The molecule has 0 amide bonds. The van der Waals surface area contributed by atoms with Crippen molar-refractivity contribution in [3.05, 3.63) is 236 Å². The highest BCUT2D eigenvalue weighted by Crippen LogP contribution is 2.44. The van der Waals surface area contributed by atoms with Gasteiger partial charge in [0.2, 0.25) is 12.2 Å². The van der Waals surface area contributed by atoms with Gasteiger partial charge in [-0.25, -0.2) is 9.98 Å². The molecule has 6 heterocycles. The van der Waals surface area contributed by atoms with Gasteiger partial charge in [-0.15, -0.1) is 0 Å². The highest BCUT2D eigenvalue weighted by atomic mass is 15.4. The molecular formula is C62H40N8. The highest BCUT2D eigenvalue weighted by molar-refractivity contribution is 6.28. The fourth-order valence-corrected chi connectivity index (χ4v) is 11.3. The molecule has 0 bridgehead atoms. The van der Waals surface area contributed by atoms with Gasteiger partial charge in [0.05, 0.1) is 49.8 Å². The van der Waals surface area contributed by atoms with Crippen molar-refractivity contribution in [1.29, 1.82) is 0 Å². The zero-order valence-electron chi connectivity index (χ0n) is 37.6. The maximum atomic E-state index is 5.56. The van der Waals surface area contributed by atoms with Crippen LogP contribution in [0.15, 0.2) is 241 Å². The predicted octanol–water partition coefficient (Wildman–Crippen LogP) is 14.6. The fraction of sp³-hybridized carbons (Fsp3) is 0.0161. The molecule has 14 aromatic rings. The lowest BCUT2D eigenvalue weighted by atomic mass is 10.1. The summed E-state index contributed by atoms with van der Waals surface area (Å²) >= 11 is 0. The van der Waals surface area contributed by atoms with E-state index in [0.29, 0.717) is 11.8 Å². The van der Waals surface area contributed by atoms with Gasteiger partial charge in [-0.05, 0) is 54.6 Å². The van der Waals surface area contributed by atoms with Crippen LogP contribution in [-0.2, 0) is 0 Å². The quantitative estimate of drug-likeness (QED) is 0.187. The van der Waals surface area contributed by atoms with Crippen molar-refractivity contribution in [2.24, 2.45) is 9.98 Å². The van der Waals surface area contributed by atoms with E-state index in [1.54, 1.807) is 0 Å². The number of aromatic nitrogens is 5. The molecule has 1 N–H and O–H groups in total.